The molecule has 1 aromatic carbocycles. The summed E-state index contributed by atoms with van der Waals surface area (Å²) >= 11 is 0. The van der Waals surface area contributed by atoms with E-state index >= 15 is 0 Å². The topological polar surface area (TPSA) is 59.8 Å². The van der Waals surface area contributed by atoms with Crippen LogP contribution in [0.3, 0.4) is 0 Å². The zero-order valence-electron chi connectivity index (χ0n) is 11.5. The van der Waals surface area contributed by atoms with E-state index in [1.165, 1.54) is 0 Å². The molecule has 0 spiro atoms. The minimum atomic E-state index is -0.0117. The second kappa shape index (κ2) is 5.93. The van der Waals surface area contributed by atoms with E-state index in [-0.39, 0.29) is 11.7 Å². The van der Waals surface area contributed by atoms with Crippen molar-refractivity contribution >= 4 is 12.2 Å². The van der Waals surface area contributed by atoms with Crippen LogP contribution in [0.15, 0.2) is 40.8 Å². The highest BCUT2D eigenvalue weighted by Crippen LogP contribution is 2.23. The molecule has 108 valence electrons. The maximum Gasteiger partial charge on any atom is 0.254 e. The van der Waals surface area contributed by atoms with Crippen LogP contribution >= 0.6 is 0 Å². The molecule has 1 aromatic heterocycles. The molecule has 3 rings (SSSR count). The van der Waals surface area contributed by atoms with Crippen LogP contribution in [0.2, 0.25) is 0 Å². The molecule has 0 aliphatic carbocycles. The van der Waals surface area contributed by atoms with Gasteiger partial charge in [-0.25, -0.2) is 0 Å². The number of furan rings is 1. The minimum absolute atomic E-state index is 0.0117. The molecule has 1 aliphatic rings. The first-order valence-electron chi connectivity index (χ1n) is 6.80. The maximum atomic E-state index is 12.4. The van der Waals surface area contributed by atoms with Crippen LogP contribution in [-0.4, -0.2) is 43.4 Å². The van der Waals surface area contributed by atoms with Crippen molar-refractivity contribution in [2.45, 2.75) is 0 Å². The van der Waals surface area contributed by atoms with Crippen molar-refractivity contribution in [3.8, 4) is 11.3 Å². The molecule has 1 saturated heterocycles. The number of ether oxygens (including phenoxy) is 1. The van der Waals surface area contributed by atoms with Gasteiger partial charge < -0.3 is 14.1 Å². The Hall–Kier alpha value is -2.40. The lowest BCUT2D eigenvalue weighted by molar-refractivity contribution is 0.0303. The Morgan fingerprint density at radius 2 is 1.95 bits per heavy atom. The Morgan fingerprint density at radius 1 is 1.14 bits per heavy atom. The summed E-state index contributed by atoms with van der Waals surface area (Å²) in [6, 6.07) is 10.6. The second-order valence-electron chi connectivity index (χ2n) is 4.81. The van der Waals surface area contributed by atoms with Gasteiger partial charge >= 0.3 is 0 Å². The van der Waals surface area contributed by atoms with E-state index in [4.69, 9.17) is 9.15 Å². The van der Waals surface area contributed by atoms with Gasteiger partial charge in [0.15, 0.2) is 12.0 Å². The molecule has 1 fully saturated rings. The molecule has 0 bridgehead atoms. The molecule has 1 aliphatic heterocycles. The number of nitrogens with zero attached hydrogens (tertiary/aromatic N) is 1. The van der Waals surface area contributed by atoms with Crippen LogP contribution in [0.25, 0.3) is 11.3 Å². The monoisotopic (exact) mass is 285 g/mol. The van der Waals surface area contributed by atoms with Crippen LogP contribution in [-0.2, 0) is 4.74 Å². The molecule has 2 heterocycles. The van der Waals surface area contributed by atoms with Gasteiger partial charge in [0.1, 0.15) is 5.76 Å². The lowest BCUT2D eigenvalue weighted by Gasteiger charge is -2.26. The first-order valence-corrected chi connectivity index (χ1v) is 6.80. The van der Waals surface area contributed by atoms with E-state index in [0.717, 1.165) is 5.56 Å². The SMILES string of the molecule is O=Cc1ccc(-c2cccc(C(=O)N3CCOCC3)c2)o1. The van der Waals surface area contributed by atoms with E-state index in [9.17, 15) is 9.59 Å². The molecule has 0 unspecified atom stereocenters. The molecule has 0 N–H and O–H groups in total. The van der Waals surface area contributed by atoms with Gasteiger partial charge in [-0.3, -0.25) is 9.59 Å². The summed E-state index contributed by atoms with van der Waals surface area (Å²) in [4.78, 5) is 24.9. The van der Waals surface area contributed by atoms with Gasteiger partial charge in [0, 0.05) is 24.2 Å². The van der Waals surface area contributed by atoms with Gasteiger partial charge in [0.25, 0.3) is 5.91 Å². The summed E-state index contributed by atoms with van der Waals surface area (Å²) in [6.07, 6.45) is 0.659. The summed E-state index contributed by atoms with van der Waals surface area (Å²) in [5.74, 6) is 0.839. The Kier molecular flexibility index (Phi) is 3.83. The van der Waals surface area contributed by atoms with Gasteiger partial charge in [0.05, 0.1) is 13.2 Å². The molecule has 5 heteroatoms. The number of morpholine rings is 1. The van der Waals surface area contributed by atoms with E-state index in [1.54, 1.807) is 29.2 Å². The highest BCUT2D eigenvalue weighted by atomic mass is 16.5. The van der Waals surface area contributed by atoms with Crippen LogP contribution in [0.4, 0.5) is 0 Å². The predicted octanol–water partition coefficient (Wildman–Crippen LogP) is 2.23. The number of aldehydes is 1. The number of amides is 1. The van der Waals surface area contributed by atoms with Gasteiger partial charge in [-0.15, -0.1) is 0 Å². The third-order valence-electron chi connectivity index (χ3n) is 3.44. The average molecular weight is 285 g/mol. The van der Waals surface area contributed by atoms with Crippen molar-refractivity contribution in [2.75, 3.05) is 26.3 Å². The lowest BCUT2D eigenvalue weighted by Crippen LogP contribution is -2.40. The van der Waals surface area contributed by atoms with Crippen molar-refractivity contribution in [1.82, 2.24) is 4.90 Å². The number of benzene rings is 1. The first kappa shape index (κ1) is 13.6. The van der Waals surface area contributed by atoms with Crippen LogP contribution in [0.5, 0.6) is 0 Å². The molecule has 0 radical (unpaired) electrons. The molecular formula is C16H15NO4. The zero-order chi connectivity index (χ0) is 14.7. The third kappa shape index (κ3) is 2.87. The summed E-state index contributed by atoms with van der Waals surface area (Å²) in [5, 5.41) is 0. The van der Waals surface area contributed by atoms with Crippen molar-refractivity contribution < 1.29 is 18.7 Å². The maximum absolute atomic E-state index is 12.4. The molecule has 0 saturated carbocycles. The number of hydrogen-bond donors (Lipinski definition) is 0. The quantitative estimate of drug-likeness (QED) is 0.811. The number of carbonyl (C=O) groups excluding carboxylic acids is 2. The fraction of sp³-hybridized carbons (Fsp3) is 0.250. The number of hydrogen-bond acceptors (Lipinski definition) is 4. The standard InChI is InChI=1S/C16H15NO4/c18-11-14-4-5-15(21-14)12-2-1-3-13(10-12)16(19)17-6-8-20-9-7-17/h1-5,10-11H,6-9H2. The van der Waals surface area contributed by atoms with Gasteiger partial charge in [-0.1, -0.05) is 12.1 Å². The highest BCUT2D eigenvalue weighted by molar-refractivity contribution is 5.95. The van der Waals surface area contributed by atoms with E-state index in [1.807, 2.05) is 12.1 Å². The smallest absolute Gasteiger partial charge is 0.254 e. The Labute approximate surface area is 122 Å². The Bertz CT molecular complexity index is 656. The van der Waals surface area contributed by atoms with E-state index < -0.39 is 0 Å². The van der Waals surface area contributed by atoms with E-state index in [0.29, 0.717) is 43.9 Å². The number of rotatable bonds is 3. The normalized spacial score (nSPS) is 15.0. The summed E-state index contributed by atoms with van der Waals surface area (Å²) < 4.78 is 10.6. The third-order valence-corrected chi connectivity index (χ3v) is 3.44. The van der Waals surface area contributed by atoms with Crippen LogP contribution in [0, 0.1) is 0 Å². The molecular weight excluding hydrogens is 270 g/mol. The van der Waals surface area contributed by atoms with Crippen molar-refractivity contribution in [2.24, 2.45) is 0 Å². The molecule has 0 atom stereocenters. The Morgan fingerprint density at radius 3 is 2.67 bits per heavy atom. The fourth-order valence-electron chi connectivity index (χ4n) is 2.33. The molecule has 2 aromatic rings. The zero-order valence-corrected chi connectivity index (χ0v) is 11.5. The van der Waals surface area contributed by atoms with Crippen LogP contribution in [0.1, 0.15) is 20.9 Å². The summed E-state index contributed by atoms with van der Waals surface area (Å²) in [5.41, 5.74) is 1.39. The predicted molar refractivity (Wildman–Crippen MR) is 76.3 cm³/mol. The van der Waals surface area contributed by atoms with Gasteiger partial charge in [-0.2, -0.15) is 0 Å². The first-order chi connectivity index (χ1) is 10.3. The van der Waals surface area contributed by atoms with E-state index in [2.05, 4.69) is 0 Å². The summed E-state index contributed by atoms with van der Waals surface area (Å²) in [6.45, 7) is 2.37. The Balaban J connectivity index is 1.85. The van der Waals surface area contributed by atoms with Crippen LogP contribution < -0.4 is 0 Å². The molecule has 1 amide bonds. The highest BCUT2D eigenvalue weighted by Gasteiger charge is 2.19. The summed E-state index contributed by atoms with van der Waals surface area (Å²) in [7, 11) is 0. The lowest BCUT2D eigenvalue weighted by atomic mass is 10.1. The van der Waals surface area contributed by atoms with Gasteiger partial charge in [0.2, 0.25) is 0 Å². The fourth-order valence-corrected chi connectivity index (χ4v) is 2.33. The van der Waals surface area contributed by atoms with Crippen molar-refractivity contribution in [3.63, 3.8) is 0 Å². The van der Waals surface area contributed by atoms with Crippen molar-refractivity contribution in [3.05, 3.63) is 47.7 Å². The molecule has 5 nitrogen and oxygen atoms in total. The van der Waals surface area contributed by atoms with Gasteiger partial charge in [-0.05, 0) is 24.3 Å². The largest absolute Gasteiger partial charge is 0.453 e. The molecule has 21 heavy (non-hydrogen) atoms. The second-order valence-corrected chi connectivity index (χ2v) is 4.81. The minimum Gasteiger partial charge on any atom is -0.453 e. The average Bonchev–Trinajstić information content (AvgIpc) is 3.04. The number of carbonyl (C=O) groups is 2. The van der Waals surface area contributed by atoms with Crippen molar-refractivity contribution in [1.29, 1.82) is 0 Å².